The lowest BCUT2D eigenvalue weighted by molar-refractivity contribution is -0.144. The number of ether oxygens (including phenoxy) is 2. The fraction of sp³-hybridized carbons (Fsp3) is 0.312. The van der Waals surface area contributed by atoms with Gasteiger partial charge in [0.2, 0.25) is 0 Å². The zero-order chi connectivity index (χ0) is 17.7. The van der Waals surface area contributed by atoms with Gasteiger partial charge in [-0.15, -0.1) is 0 Å². The molecule has 5 nitrogen and oxygen atoms in total. The summed E-state index contributed by atoms with van der Waals surface area (Å²) in [6.45, 7) is 2.13. The molecule has 1 atom stereocenters. The summed E-state index contributed by atoms with van der Waals surface area (Å²) in [5, 5.41) is 1.04. The van der Waals surface area contributed by atoms with E-state index in [9.17, 15) is 4.79 Å². The molecule has 0 amide bonds. The molecule has 2 aromatic rings. The molecule has 0 saturated carbocycles. The van der Waals surface area contributed by atoms with Gasteiger partial charge in [0, 0.05) is 11.4 Å². The van der Waals surface area contributed by atoms with Gasteiger partial charge in [-0.3, -0.25) is 4.79 Å². The summed E-state index contributed by atoms with van der Waals surface area (Å²) >= 11 is 17.9. The predicted octanol–water partition coefficient (Wildman–Crippen LogP) is 4.25. The molecule has 0 spiro atoms. The van der Waals surface area contributed by atoms with Gasteiger partial charge in [0.15, 0.2) is 5.75 Å². The van der Waals surface area contributed by atoms with Gasteiger partial charge in [-0.25, -0.2) is 0 Å². The Morgan fingerprint density at radius 2 is 1.83 bits per heavy atom. The quantitative estimate of drug-likeness (QED) is 0.713. The second-order valence-electron chi connectivity index (χ2n) is 4.92. The van der Waals surface area contributed by atoms with Crippen LogP contribution in [0.2, 0.25) is 15.1 Å². The molecule has 1 unspecified atom stereocenters. The number of rotatable bonds is 7. The molecule has 8 heteroatoms. The van der Waals surface area contributed by atoms with Crippen molar-refractivity contribution in [2.45, 2.75) is 26.0 Å². The molecule has 130 valence electrons. The van der Waals surface area contributed by atoms with E-state index in [1.165, 1.54) is 12.1 Å². The van der Waals surface area contributed by atoms with Crippen LogP contribution in [0.5, 0.6) is 5.75 Å². The van der Waals surface area contributed by atoms with Crippen LogP contribution in [0.15, 0.2) is 28.7 Å². The van der Waals surface area contributed by atoms with Crippen LogP contribution in [-0.4, -0.2) is 18.6 Å². The largest absolute Gasteiger partial charge is 0.483 e. The van der Waals surface area contributed by atoms with Gasteiger partial charge in [-0.05, 0) is 31.2 Å². The minimum atomic E-state index is -0.773. The number of esters is 1. The van der Waals surface area contributed by atoms with E-state index in [-0.39, 0.29) is 19.6 Å². The third kappa shape index (κ3) is 5.05. The molecule has 0 bridgehead atoms. The van der Waals surface area contributed by atoms with Gasteiger partial charge in [-0.2, -0.15) is 0 Å². The van der Waals surface area contributed by atoms with Crippen LogP contribution < -0.4 is 10.5 Å². The molecule has 0 fully saturated rings. The van der Waals surface area contributed by atoms with Crippen molar-refractivity contribution >= 4 is 40.8 Å². The van der Waals surface area contributed by atoms with Gasteiger partial charge >= 0.3 is 5.97 Å². The topological polar surface area (TPSA) is 74.7 Å². The summed E-state index contributed by atoms with van der Waals surface area (Å²) in [6.07, 6.45) is 0.237. The van der Waals surface area contributed by atoms with Crippen molar-refractivity contribution in [1.29, 1.82) is 0 Å². The first-order valence-corrected chi connectivity index (χ1v) is 8.31. The van der Waals surface area contributed by atoms with Crippen LogP contribution in [0.4, 0.5) is 0 Å². The Morgan fingerprint density at radius 3 is 2.46 bits per heavy atom. The molecular formula is C16H16Cl3NO4. The Bertz CT molecular complexity index is 694. The van der Waals surface area contributed by atoms with Crippen LogP contribution >= 0.6 is 34.8 Å². The fourth-order valence-corrected chi connectivity index (χ4v) is 2.90. The van der Waals surface area contributed by atoms with E-state index in [0.717, 1.165) is 0 Å². The third-order valence-corrected chi connectivity index (χ3v) is 3.83. The Labute approximate surface area is 154 Å². The van der Waals surface area contributed by atoms with Crippen LogP contribution in [0.1, 0.15) is 18.4 Å². The first-order chi connectivity index (χ1) is 11.4. The molecule has 2 rings (SSSR count). The lowest BCUT2D eigenvalue weighted by Crippen LogP contribution is -2.34. The van der Waals surface area contributed by atoms with Crippen molar-refractivity contribution in [3.8, 4) is 5.75 Å². The molecule has 0 aliphatic carbocycles. The Balaban J connectivity index is 1.96. The second-order valence-corrected chi connectivity index (χ2v) is 6.17. The van der Waals surface area contributed by atoms with Gasteiger partial charge in [0.05, 0.1) is 16.7 Å². The molecular weight excluding hydrogens is 377 g/mol. The Hall–Kier alpha value is -1.40. The van der Waals surface area contributed by atoms with E-state index >= 15 is 0 Å². The first-order valence-electron chi connectivity index (χ1n) is 7.17. The number of carbonyl (C=O) groups is 1. The number of furan rings is 1. The standard InChI is InChI=1S/C16H16Cl3NO4/c1-2-22-16(21)14(20)7-10-3-4-11(24-10)8-23-15-12(18)5-9(17)6-13(15)19/h3-6,14H,2,7-8,20H2,1H3. The van der Waals surface area contributed by atoms with E-state index < -0.39 is 12.0 Å². The molecule has 0 aliphatic heterocycles. The van der Waals surface area contributed by atoms with E-state index in [1.807, 2.05) is 0 Å². The highest BCUT2D eigenvalue weighted by molar-refractivity contribution is 6.40. The highest BCUT2D eigenvalue weighted by Crippen LogP contribution is 2.36. The summed E-state index contributed by atoms with van der Waals surface area (Å²) in [5.74, 6) is 0.959. The van der Waals surface area contributed by atoms with E-state index in [4.69, 9.17) is 54.4 Å². The molecule has 1 heterocycles. The summed E-state index contributed by atoms with van der Waals surface area (Å²) in [5.41, 5.74) is 5.75. The average molecular weight is 393 g/mol. The number of carbonyl (C=O) groups excluding carboxylic acids is 1. The number of hydrogen-bond donors (Lipinski definition) is 1. The minimum Gasteiger partial charge on any atom is -0.483 e. The van der Waals surface area contributed by atoms with Crippen molar-refractivity contribution in [2.24, 2.45) is 5.73 Å². The molecule has 1 aromatic heterocycles. The fourth-order valence-electron chi connectivity index (χ4n) is 1.97. The summed E-state index contributed by atoms with van der Waals surface area (Å²) in [7, 11) is 0. The summed E-state index contributed by atoms with van der Waals surface area (Å²) in [4.78, 5) is 11.5. The van der Waals surface area contributed by atoms with Gasteiger partial charge in [0.1, 0.15) is 24.2 Å². The number of halogens is 3. The summed E-state index contributed by atoms with van der Waals surface area (Å²) < 4.78 is 16.0. The minimum absolute atomic E-state index is 0.121. The van der Waals surface area contributed by atoms with E-state index in [1.54, 1.807) is 19.1 Å². The van der Waals surface area contributed by atoms with Crippen LogP contribution in [-0.2, 0) is 22.6 Å². The average Bonchev–Trinajstić information content (AvgIpc) is 2.93. The maximum atomic E-state index is 11.5. The SMILES string of the molecule is CCOC(=O)C(N)Cc1ccc(COc2c(Cl)cc(Cl)cc2Cl)o1. The number of nitrogens with two attached hydrogens (primary N) is 1. The molecule has 0 radical (unpaired) electrons. The smallest absolute Gasteiger partial charge is 0.323 e. The van der Waals surface area contributed by atoms with E-state index in [0.29, 0.717) is 32.3 Å². The van der Waals surface area contributed by atoms with Crippen LogP contribution in [0.25, 0.3) is 0 Å². The molecule has 1 aromatic carbocycles. The molecule has 24 heavy (non-hydrogen) atoms. The molecule has 0 aliphatic rings. The zero-order valence-electron chi connectivity index (χ0n) is 12.9. The van der Waals surface area contributed by atoms with Crippen LogP contribution in [0.3, 0.4) is 0 Å². The lowest BCUT2D eigenvalue weighted by atomic mass is 10.2. The highest BCUT2D eigenvalue weighted by Gasteiger charge is 2.17. The van der Waals surface area contributed by atoms with Gasteiger partial charge in [0.25, 0.3) is 0 Å². The predicted molar refractivity (Wildman–Crippen MR) is 92.8 cm³/mol. The van der Waals surface area contributed by atoms with Gasteiger partial charge in [-0.1, -0.05) is 34.8 Å². The van der Waals surface area contributed by atoms with Crippen molar-refractivity contribution in [3.05, 3.63) is 50.9 Å². The Morgan fingerprint density at radius 1 is 1.21 bits per heavy atom. The lowest BCUT2D eigenvalue weighted by Gasteiger charge is -2.09. The first kappa shape index (κ1) is 18.9. The second kappa shape index (κ2) is 8.62. The molecule has 0 saturated heterocycles. The van der Waals surface area contributed by atoms with Crippen molar-refractivity contribution < 1.29 is 18.7 Å². The highest BCUT2D eigenvalue weighted by atomic mass is 35.5. The van der Waals surface area contributed by atoms with Gasteiger partial charge < -0.3 is 19.6 Å². The zero-order valence-corrected chi connectivity index (χ0v) is 15.1. The monoisotopic (exact) mass is 391 g/mol. The van der Waals surface area contributed by atoms with E-state index in [2.05, 4.69) is 0 Å². The summed E-state index contributed by atoms with van der Waals surface area (Å²) in [6, 6.07) is 5.75. The number of hydrogen-bond acceptors (Lipinski definition) is 5. The molecule has 2 N–H and O–H groups in total. The number of benzene rings is 1. The maximum Gasteiger partial charge on any atom is 0.323 e. The van der Waals surface area contributed by atoms with Crippen molar-refractivity contribution in [2.75, 3.05) is 6.61 Å². The third-order valence-electron chi connectivity index (χ3n) is 3.05. The normalized spacial score (nSPS) is 12.0. The Kier molecular flexibility index (Phi) is 6.80. The van der Waals surface area contributed by atoms with Crippen molar-refractivity contribution in [3.63, 3.8) is 0 Å². The van der Waals surface area contributed by atoms with Crippen LogP contribution in [0, 0.1) is 0 Å². The maximum absolute atomic E-state index is 11.5. The van der Waals surface area contributed by atoms with Crippen molar-refractivity contribution in [1.82, 2.24) is 0 Å².